The maximum absolute atomic E-state index is 12.7. The molecule has 0 atom stereocenters. The lowest BCUT2D eigenvalue weighted by molar-refractivity contribution is -0.116. The number of H-pyrrole nitrogens is 1. The number of hydrogen-bond donors (Lipinski definition) is 3. The highest BCUT2D eigenvalue weighted by molar-refractivity contribution is 7.92. The number of benzene rings is 2. The Kier molecular flexibility index (Phi) is 3.27. The molecule has 0 bridgehead atoms. The van der Waals surface area contributed by atoms with Crippen LogP contribution < -0.4 is 10.0 Å². The maximum atomic E-state index is 12.7. The standard InChI is InChI=1S/C16H14N4O3S/c21-15-7-4-10-8-12(5-6-13(10)18-15)24(22,23)20-14-3-1-2-11-9-17-19-16(11)14/h1-3,5-6,8-9,20H,4,7H2,(H,17,19)(H,18,21). The average molecular weight is 342 g/mol. The summed E-state index contributed by atoms with van der Waals surface area (Å²) in [5.74, 6) is -0.0536. The van der Waals surface area contributed by atoms with Crippen molar-refractivity contribution in [3.63, 3.8) is 0 Å². The van der Waals surface area contributed by atoms with Gasteiger partial charge in [-0.2, -0.15) is 5.10 Å². The molecule has 1 amide bonds. The van der Waals surface area contributed by atoms with Crippen molar-refractivity contribution in [2.45, 2.75) is 17.7 Å². The van der Waals surface area contributed by atoms with Gasteiger partial charge in [-0.25, -0.2) is 8.42 Å². The first kappa shape index (κ1) is 14.7. The predicted molar refractivity (Wildman–Crippen MR) is 90.3 cm³/mol. The molecule has 122 valence electrons. The van der Waals surface area contributed by atoms with Gasteiger partial charge in [-0.3, -0.25) is 14.6 Å². The smallest absolute Gasteiger partial charge is 0.261 e. The second-order valence-corrected chi connectivity index (χ2v) is 7.29. The Balaban J connectivity index is 1.70. The molecule has 3 N–H and O–H groups in total. The van der Waals surface area contributed by atoms with Crippen LogP contribution >= 0.6 is 0 Å². The highest BCUT2D eigenvalue weighted by Crippen LogP contribution is 2.28. The molecule has 0 radical (unpaired) electrons. The SMILES string of the molecule is O=C1CCc2cc(S(=O)(=O)Nc3cccc4cn[nH]c34)ccc2N1. The van der Waals surface area contributed by atoms with Crippen molar-refractivity contribution >= 4 is 38.2 Å². The number of para-hydroxylation sites is 1. The van der Waals surface area contributed by atoms with Crippen molar-refractivity contribution in [1.82, 2.24) is 10.2 Å². The van der Waals surface area contributed by atoms with Crippen LogP contribution in [-0.4, -0.2) is 24.5 Å². The van der Waals surface area contributed by atoms with Crippen molar-refractivity contribution in [3.8, 4) is 0 Å². The highest BCUT2D eigenvalue weighted by atomic mass is 32.2. The van der Waals surface area contributed by atoms with E-state index in [0.717, 1.165) is 10.9 Å². The molecule has 7 nitrogen and oxygen atoms in total. The minimum Gasteiger partial charge on any atom is -0.326 e. The summed E-state index contributed by atoms with van der Waals surface area (Å²) in [7, 11) is -3.74. The van der Waals surface area contributed by atoms with Gasteiger partial charge in [0.15, 0.2) is 0 Å². The third kappa shape index (κ3) is 2.50. The van der Waals surface area contributed by atoms with E-state index in [2.05, 4.69) is 20.2 Å². The van der Waals surface area contributed by atoms with Crippen LogP contribution in [0.1, 0.15) is 12.0 Å². The van der Waals surface area contributed by atoms with Crippen molar-refractivity contribution in [1.29, 1.82) is 0 Å². The molecule has 2 heterocycles. The summed E-state index contributed by atoms with van der Waals surface area (Å²) < 4.78 is 28.0. The predicted octanol–water partition coefficient (Wildman–Crippen LogP) is 2.25. The summed E-state index contributed by atoms with van der Waals surface area (Å²) in [6.45, 7) is 0. The van der Waals surface area contributed by atoms with Crippen LogP contribution in [0.3, 0.4) is 0 Å². The van der Waals surface area contributed by atoms with Gasteiger partial charge in [0, 0.05) is 17.5 Å². The molecule has 24 heavy (non-hydrogen) atoms. The highest BCUT2D eigenvalue weighted by Gasteiger charge is 2.20. The van der Waals surface area contributed by atoms with Crippen LogP contribution in [0.4, 0.5) is 11.4 Å². The monoisotopic (exact) mass is 342 g/mol. The largest absolute Gasteiger partial charge is 0.326 e. The van der Waals surface area contributed by atoms with Gasteiger partial charge in [0.1, 0.15) is 0 Å². The van der Waals surface area contributed by atoms with Gasteiger partial charge in [-0.15, -0.1) is 0 Å². The summed E-state index contributed by atoms with van der Waals surface area (Å²) in [4.78, 5) is 11.6. The molecule has 3 aromatic rings. The molecule has 0 saturated heterocycles. The summed E-state index contributed by atoms with van der Waals surface area (Å²) >= 11 is 0. The first-order valence-electron chi connectivity index (χ1n) is 7.41. The van der Waals surface area contributed by atoms with E-state index in [4.69, 9.17) is 0 Å². The molecule has 0 fully saturated rings. The molecule has 1 aliphatic rings. The fourth-order valence-corrected chi connectivity index (χ4v) is 3.91. The molecule has 4 rings (SSSR count). The van der Waals surface area contributed by atoms with E-state index in [1.165, 1.54) is 6.07 Å². The number of rotatable bonds is 3. The Morgan fingerprint density at radius 3 is 2.88 bits per heavy atom. The van der Waals surface area contributed by atoms with Gasteiger partial charge in [0.25, 0.3) is 10.0 Å². The second kappa shape index (κ2) is 5.34. The lowest BCUT2D eigenvalue weighted by Crippen LogP contribution is -2.20. The molecule has 0 spiro atoms. The number of carbonyl (C=O) groups is 1. The Hall–Kier alpha value is -2.87. The minimum atomic E-state index is -3.74. The van der Waals surface area contributed by atoms with Gasteiger partial charge in [-0.05, 0) is 36.2 Å². The van der Waals surface area contributed by atoms with Crippen LogP contribution in [0.5, 0.6) is 0 Å². The quantitative estimate of drug-likeness (QED) is 0.679. The number of anilines is 2. The summed E-state index contributed by atoms with van der Waals surface area (Å²) in [5, 5.41) is 10.3. The Morgan fingerprint density at radius 1 is 1.12 bits per heavy atom. The van der Waals surface area contributed by atoms with Crippen LogP contribution in [0.2, 0.25) is 0 Å². The van der Waals surface area contributed by atoms with E-state index in [1.54, 1.807) is 30.5 Å². The van der Waals surface area contributed by atoms with Gasteiger partial charge < -0.3 is 5.32 Å². The first-order chi connectivity index (χ1) is 11.5. The molecule has 2 aromatic carbocycles. The fourth-order valence-electron chi connectivity index (χ4n) is 2.78. The molecular weight excluding hydrogens is 328 g/mol. The Morgan fingerprint density at radius 2 is 2.00 bits per heavy atom. The molecule has 0 unspecified atom stereocenters. The van der Waals surface area contributed by atoms with E-state index in [-0.39, 0.29) is 10.8 Å². The number of aromatic amines is 1. The third-order valence-corrected chi connectivity index (χ3v) is 5.37. The van der Waals surface area contributed by atoms with Crippen LogP contribution in [0.15, 0.2) is 47.5 Å². The number of hydrogen-bond acceptors (Lipinski definition) is 4. The molecule has 8 heteroatoms. The topological polar surface area (TPSA) is 104 Å². The van der Waals surface area contributed by atoms with E-state index in [9.17, 15) is 13.2 Å². The third-order valence-electron chi connectivity index (χ3n) is 4.00. The van der Waals surface area contributed by atoms with Gasteiger partial charge in [-0.1, -0.05) is 12.1 Å². The molecule has 1 aromatic heterocycles. The van der Waals surface area contributed by atoms with Gasteiger partial charge in [0.2, 0.25) is 5.91 Å². The van der Waals surface area contributed by atoms with E-state index < -0.39 is 10.0 Å². The van der Waals surface area contributed by atoms with E-state index >= 15 is 0 Å². The van der Waals surface area contributed by atoms with Crippen LogP contribution in [0.25, 0.3) is 10.9 Å². The normalized spacial score (nSPS) is 14.2. The maximum Gasteiger partial charge on any atom is 0.261 e. The molecule has 0 aliphatic carbocycles. The molecule has 1 aliphatic heterocycles. The fraction of sp³-hybridized carbons (Fsp3) is 0.125. The second-order valence-electron chi connectivity index (χ2n) is 5.61. The van der Waals surface area contributed by atoms with Crippen LogP contribution in [-0.2, 0) is 21.2 Å². The molecule has 0 saturated carbocycles. The van der Waals surface area contributed by atoms with Crippen molar-refractivity contribution in [3.05, 3.63) is 48.2 Å². The van der Waals surface area contributed by atoms with Gasteiger partial charge in [0.05, 0.1) is 22.3 Å². The van der Waals surface area contributed by atoms with Crippen molar-refractivity contribution < 1.29 is 13.2 Å². The Labute approximate surface area is 138 Å². The van der Waals surface area contributed by atoms with E-state index in [1.807, 2.05) is 6.07 Å². The zero-order chi connectivity index (χ0) is 16.7. The van der Waals surface area contributed by atoms with Crippen molar-refractivity contribution in [2.24, 2.45) is 0 Å². The zero-order valence-corrected chi connectivity index (χ0v) is 13.4. The number of amides is 1. The number of carbonyl (C=O) groups excluding carboxylic acids is 1. The number of nitrogens with one attached hydrogen (secondary N) is 3. The number of aryl methyl sites for hydroxylation is 1. The number of aromatic nitrogens is 2. The number of nitrogens with zero attached hydrogens (tertiary/aromatic N) is 1. The number of fused-ring (bicyclic) bond motifs is 2. The number of sulfonamides is 1. The lowest BCUT2D eigenvalue weighted by Gasteiger charge is -2.18. The van der Waals surface area contributed by atoms with Crippen LogP contribution in [0, 0.1) is 0 Å². The lowest BCUT2D eigenvalue weighted by atomic mass is 10.0. The zero-order valence-electron chi connectivity index (χ0n) is 12.5. The van der Waals surface area contributed by atoms with E-state index in [0.29, 0.717) is 29.7 Å². The van der Waals surface area contributed by atoms with Gasteiger partial charge >= 0.3 is 0 Å². The average Bonchev–Trinajstić information content (AvgIpc) is 3.04. The van der Waals surface area contributed by atoms with Crippen molar-refractivity contribution in [2.75, 3.05) is 10.0 Å². The first-order valence-corrected chi connectivity index (χ1v) is 8.89. The summed E-state index contributed by atoms with van der Waals surface area (Å²) in [5.41, 5.74) is 2.56. The minimum absolute atomic E-state index is 0.0536. The summed E-state index contributed by atoms with van der Waals surface area (Å²) in [6, 6.07) is 9.99. The summed E-state index contributed by atoms with van der Waals surface area (Å²) in [6.07, 6.45) is 2.52. The Bertz CT molecular complexity index is 1060. The molecular formula is C16H14N4O3S.